The van der Waals surface area contributed by atoms with E-state index >= 15 is 0 Å². The maximum Gasteiger partial charge on any atom is 0.109 e. The Morgan fingerprint density at radius 1 is 1.39 bits per heavy atom. The number of imidazole rings is 1. The molecule has 0 bridgehead atoms. The summed E-state index contributed by atoms with van der Waals surface area (Å²) in [4.78, 5) is 4.80. The van der Waals surface area contributed by atoms with Gasteiger partial charge in [-0.1, -0.05) is 13.8 Å². The molecule has 1 aliphatic rings. The van der Waals surface area contributed by atoms with Crippen molar-refractivity contribution in [1.82, 2.24) is 9.55 Å². The van der Waals surface area contributed by atoms with Crippen molar-refractivity contribution in [3.05, 3.63) is 23.5 Å². The maximum absolute atomic E-state index is 4.80. The highest BCUT2D eigenvalue weighted by Gasteiger charge is 2.14. The normalized spacial score (nSPS) is 14.9. The van der Waals surface area contributed by atoms with Crippen molar-refractivity contribution in [3.63, 3.8) is 0 Å². The molecular weight excluding hydrogens is 222 g/mol. The van der Waals surface area contributed by atoms with Crippen molar-refractivity contribution in [2.45, 2.75) is 33.1 Å². The van der Waals surface area contributed by atoms with Gasteiger partial charge in [0, 0.05) is 25.7 Å². The van der Waals surface area contributed by atoms with Crippen LogP contribution in [0, 0.1) is 5.92 Å². The summed E-state index contributed by atoms with van der Waals surface area (Å²) in [6.07, 6.45) is 3.45. The minimum Gasteiger partial charge on any atom is -0.385 e. The van der Waals surface area contributed by atoms with E-state index < -0.39 is 0 Å². The van der Waals surface area contributed by atoms with Gasteiger partial charge >= 0.3 is 0 Å². The van der Waals surface area contributed by atoms with Gasteiger partial charge in [0.2, 0.25) is 0 Å². The summed E-state index contributed by atoms with van der Waals surface area (Å²) in [5, 5.41) is 3.49. The second-order valence-electron chi connectivity index (χ2n) is 5.71. The third-order valence-electron chi connectivity index (χ3n) is 3.73. The first-order chi connectivity index (χ1) is 8.65. The SMILES string of the molecule is CC(C)Cc1nc2cc3c(cc2n1C)NCCC3. The molecule has 0 atom stereocenters. The van der Waals surface area contributed by atoms with Crippen LogP contribution in [0.5, 0.6) is 0 Å². The third-order valence-corrected chi connectivity index (χ3v) is 3.73. The summed E-state index contributed by atoms with van der Waals surface area (Å²) >= 11 is 0. The Kier molecular flexibility index (Phi) is 2.77. The molecule has 3 rings (SSSR count). The van der Waals surface area contributed by atoms with Crippen LogP contribution in [0.1, 0.15) is 31.7 Å². The number of hydrogen-bond donors (Lipinski definition) is 1. The molecule has 1 N–H and O–H groups in total. The highest BCUT2D eigenvalue weighted by Crippen LogP contribution is 2.28. The van der Waals surface area contributed by atoms with Gasteiger partial charge in [-0.3, -0.25) is 0 Å². The van der Waals surface area contributed by atoms with E-state index in [2.05, 4.69) is 42.9 Å². The topological polar surface area (TPSA) is 29.9 Å². The standard InChI is InChI=1S/C15H21N3/c1-10(2)7-15-17-13-8-11-5-4-6-16-12(11)9-14(13)18(15)3/h8-10,16H,4-7H2,1-3H3. The number of nitrogens with one attached hydrogen (secondary N) is 1. The van der Waals surface area contributed by atoms with Crippen LogP contribution in [0.15, 0.2) is 12.1 Å². The van der Waals surface area contributed by atoms with Crippen molar-refractivity contribution in [1.29, 1.82) is 0 Å². The van der Waals surface area contributed by atoms with Crippen LogP contribution in [0.2, 0.25) is 0 Å². The first kappa shape index (κ1) is 11.6. The fourth-order valence-corrected chi connectivity index (χ4v) is 2.75. The molecule has 96 valence electrons. The number of fused-ring (bicyclic) bond motifs is 2. The number of benzene rings is 1. The van der Waals surface area contributed by atoms with Crippen molar-refractivity contribution in [3.8, 4) is 0 Å². The zero-order valence-corrected chi connectivity index (χ0v) is 11.5. The maximum atomic E-state index is 4.80. The molecule has 1 aliphatic heterocycles. The average Bonchev–Trinajstić information content (AvgIpc) is 2.63. The van der Waals surface area contributed by atoms with Crippen LogP contribution in [0.25, 0.3) is 11.0 Å². The zero-order valence-electron chi connectivity index (χ0n) is 11.5. The molecule has 0 radical (unpaired) electrons. The Balaban J connectivity index is 2.12. The molecule has 1 aromatic carbocycles. The molecule has 1 aromatic heterocycles. The molecule has 2 aromatic rings. The van der Waals surface area contributed by atoms with Crippen LogP contribution in [0.3, 0.4) is 0 Å². The fraction of sp³-hybridized carbons (Fsp3) is 0.533. The third kappa shape index (κ3) is 1.88. The van der Waals surface area contributed by atoms with Gasteiger partial charge in [0.1, 0.15) is 5.82 Å². The van der Waals surface area contributed by atoms with Gasteiger partial charge in [0.15, 0.2) is 0 Å². The second-order valence-corrected chi connectivity index (χ2v) is 5.71. The van der Waals surface area contributed by atoms with Gasteiger partial charge in [-0.05, 0) is 36.5 Å². The molecule has 0 saturated heterocycles. The fourth-order valence-electron chi connectivity index (χ4n) is 2.75. The number of nitrogens with zero attached hydrogens (tertiary/aromatic N) is 2. The molecular formula is C15H21N3. The molecule has 2 heterocycles. The van der Waals surface area contributed by atoms with E-state index in [0.717, 1.165) is 18.5 Å². The first-order valence-electron chi connectivity index (χ1n) is 6.87. The second kappa shape index (κ2) is 4.30. The Morgan fingerprint density at radius 2 is 2.22 bits per heavy atom. The molecule has 0 aliphatic carbocycles. The number of aryl methyl sites for hydroxylation is 2. The monoisotopic (exact) mass is 243 g/mol. The molecule has 0 fully saturated rings. The van der Waals surface area contributed by atoms with Gasteiger partial charge in [-0.15, -0.1) is 0 Å². The quantitative estimate of drug-likeness (QED) is 0.878. The lowest BCUT2D eigenvalue weighted by Crippen LogP contribution is -2.11. The summed E-state index contributed by atoms with van der Waals surface area (Å²) < 4.78 is 2.24. The molecule has 0 saturated carbocycles. The summed E-state index contributed by atoms with van der Waals surface area (Å²) in [6.45, 7) is 5.58. The molecule has 3 heteroatoms. The Labute approximate surface area is 108 Å². The van der Waals surface area contributed by atoms with Gasteiger partial charge in [0.25, 0.3) is 0 Å². The summed E-state index contributed by atoms with van der Waals surface area (Å²) in [6, 6.07) is 4.53. The lowest BCUT2D eigenvalue weighted by Gasteiger charge is -2.17. The van der Waals surface area contributed by atoms with E-state index in [1.165, 1.54) is 35.4 Å². The highest BCUT2D eigenvalue weighted by atomic mass is 15.1. The van der Waals surface area contributed by atoms with Gasteiger partial charge < -0.3 is 9.88 Å². The van der Waals surface area contributed by atoms with Crippen molar-refractivity contribution >= 4 is 16.7 Å². The van der Waals surface area contributed by atoms with Crippen molar-refractivity contribution in [2.24, 2.45) is 13.0 Å². The van der Waals surface area contributed by atoms with Crippen LogP contribution < -0.4 is 5.32 Å². The minimum absolute atomic E-state index is 0.647. The highest BCUT2D eigenvalue weighted by molar-refractivity contribution is 5.82. The zero-order chi connectivity index (χ0) is 12.7. The average molecular weight is 243 g/mol. The largest absolute Gasteiger partial charge is 0.385 e. The van der Waals surface area contributed by atoms with Gasteiger partial charge in [0.05, 0.1) is 11.0 Å². The van der Waals surface area contributed by atoms with E-state index in [9.17, 15) is 0 Å². The van der Waals surface area contributed by atoms with Crippen molar-refractivity contribution < 1.29 is 0 Å². The molecule has 0 amide bonds. The van der Waals surface area contributed by atoms with Crippen molar-refractivity contribution in [2.75, 3.05) is 11.9 Å². The minimum atomic E-state index is 0.647. The number of anilines is 1. The summed E-state index contributed by atoms with van der Waals surface area (Å²) in [5.41, 5.74) is 5.12. The lowest BCUT2D eigenvalue weighted by atomic mass is 10.0. The summed E-state index contributed by atoms with van der Waals surface area (Å²) in [7, 11) is 2.13. The Hall–Kier alpha value is -1.51. The van der Waals surface area contributed by atoms with Gasteiger partial charge in [-0.2, -0.15) is 0 Å². The number of rotatable bonds is 2. The van der Waals surface area contributed by atoms with E-state index in [1.807, 2.05) is 0 Å². The Morgan fingerprint density at radius 3 is 3.00 bits per heavy atom. The van der Waals surface area contributed by atoms with E-state index in [1.54, 1.807) is 0 Å². The Bertz CT molecular complexity index is 581. The summed E-state index contributed by atoms with van der Waals surface area (Å²) in [5.74, 6) is 1.84. The van der Waals surface area contributed by atoms with Crippen LogP contribution in [0.4, 0.5) is 5.69 Å². The lowest BCUT2D eigenvalue weighted by molar-refractivity contribution is 0.606. The first-order valence-corrected chi connectivity index (χ1v) is 6.87. The smallest absolute Gasteiger partial charge is 0.109 e. The van der Waals surface area contributed by atoms with Crippen LogP contribution in [-0.2, 0) is 19.9 Å². The molecule has 0 unspecified atom stereocenters. The van der Waals surface area contributed by atoms with E-state index in [0.29, 0.717) is 5.92 Å². The van der Waals surface area contributed by atoms with E-state index in [4.69, 9.17) is 4.98 Å². The molecule has 3 nitrogen and oxygen atoms in total. The van der Waals surface area contributed by atoms with Crippen LogP contribution in [-0.4, -0.2) is 16.1 Å². The predicted molar refractivity (Wildman–Crippen MR) is 76.1 cm³/mol. The van der Waals surface area contributed by atoms with E-state index in [-0.39, 0.29) is 0 Å². The number of hydrogen-bond acceptors (Lipinski definition) is 2. The van der Waals surface area contributed by atoms with Crippen LogP contribution >= 0.6 is 0 Å². The van der Waals surface area contributed by atoms with Gasteiger partial charge in [-0.25, -0.2) is 4.98 Å². The predicted octanol–water partition coefficient (Wildman–Crippen LogP) is 3.13. The molecule has 0 spiro atoms. The number of aromatic nitrogens is 2. The molecule has 18 heavy (non-hydrogen) atoms.